The van der Waals surface area contributed by atoms with Crippen molar-refractivity contribution < 1.29 is 13.9 Å². The molecule has 124 valence electrons. The molecule has 2 aromatic rings. The van der Waals surface area contributed by atoms with Crippen LogP contribution in [0.1, 0.15) is 22.5 Å². The molecule has 0 spiro atoms. The number of morpholine rings is 1. The van der Waals surface area contributed by atoms with Crippen molar-refractivity contribution in [3.8, 4) is 0 Å². The van der Waals surface area contributed by atoms with Crippen molar-refractivity contribution in [1.29, 1.82) is 0 Å². The van der Waals surface area contributed by atoms with Crippen LogP contribution in [0.3, 0.4) is 0 Å². The van der Waals surface area contributed by atoms with Crippen molar-refractivity contribution in [1.82, 2.24) is 10.2 Å². The first-order chi connectivity index (χ1) is 11.1. The number of hydrogen-bond acceptors (Lipinski definition) is 4. The van der Waals surface area contributed by atoms with E-state index in [4.69, 9.17) is 20.8 Å². The smallest absolute Gasteiger partial charge is 0.287 e. The molecule has 6 heteroatoms. The van der Waals surface area contributed by atoms with E-state index in [1.54, 1.807) is 12.1 Å². The zero-order chi connectivity index (χ0) is 16.2. The molecule has 1 N–H and O–H groups in total. The average Bonchev–Trinajstić information content (AvgIpc) is 2.89. The van der Waals surface area contributed by atoms with E-state index < -0.39 is 0 Å². The van der Waals surface area contributed by atoms with Gasteiger partial charge in [-0.25, -0.2) is 0 Å². The zero-order valence-corrected chi connectivity index (χ0v) is 14.0. The summed E-state index contributed by atoms with van der Waals surface area (Å²) in [6.45, 7) is 7.02. The molecule has 0 atom stereocenters. The fourth-order valence-corrected chi connectivity index (χ4v) is 2.99. The molecule has 0 radical (unpaired) electrons. The van der Waals surface area contributed by atoms with Crippen LogP contribution in [0.25, 0.3) is 11.0 Å². The number of fused-ring (bicyclic) bond motifs is 1. The molecule has 0 unspecified atom stereocenters. The number of nitrogens with zero attached hydrogens (tertiary/aromatic N) is 1. The summed E-state index contributed by atoms with van der Waals surface area (Å²) in [5.41, 5.74) is 1.51. The summed E-state index contributed by atoms with van der Waals surface area (Å²) >= 11 is 6.00. The van der Waals surface area contributed by atoms with Gasteiger partial charge in [-0.1, -0.05) is 11.6 Å². The summed E-state index contributed by atoms with van der Waals surface area (Å²) in [6.07, 6.45) is 0.914. The fourth-order valence-electron chi connectivity index (χ4n) is 2.82. The van der Waals surface area contributed by atoms with Gasteiger partial charge in [0.25, 0.3) is 5.91 Å². The number of carbonyl (C=O) groups excluding carboxylic acids is 1. The Morgan fingerprint density at radius 1 is 1.35 bits per heavy atom. The number of nitrogens with one attached hydrogen (secondary N) is 1. The molecule has 1 fully saturated rings. The fraction of sp³-hybridized carbons (Fsp3) is 0.471. The predicted molar refractivity (Wildman–Crippen MR) is 90.2 cm³/mol. The number of carbonyl (C=O) groups is 1. The Balaban J connectivity index is 1.55. The van der Waals surface area contributed by atoms with Crippen LogP contribution >= 0.6 is 11.6 Å². The van der Waals surface area contributed by atoms with Gasteiger partial charge in [0.15, 0.2) is 5.76 Å². The molecule has 1 amide bonds. The summed E-state index contributed by atoms with van der Waals surface area (Å²) in [4.78, 5) is 14.7. The second-order valence-electron chi connectivity index (χ2n) is 5.76. The molecule has 1 aromatic heterocycles. The van der Waals surface area contributed by atoms with Gasteiger partial charge in [-0.2, -0.15) is 0 Å². The number of ether oxygens (including phenoxy) is 1. The van der Waals surface area contributed by atoms with Gasteiger partial charge < -0.3 is 14.5 Å². The first-order valence-corrected chi connectivity index (χ1v) is 8.30. The van der Waals surface area contributed by atoms with Gasteiger partial charge in [0.1, 0.15) is 5.58 Å². The SMILES string of the molecule is Cc1c(C(=O)NCCCN2CCOCC2)oc2ccc(Cl)cc12. The molecule has 1 aliphatic heterocycles. The van der Waals surface area contributed by atoms with Crippen molar-refractivity contribution in [2.24, 2.45) is 0 Å². The van der Waals surface area contributed by atoms with Crippen molar-refractivity contribution in [2.45, 2.75) is 13.3 Å². The van der Waals surface area contributed by atoms with Crippen LogP contribution in [0.5, 0.6) is 0 Å². The maximum atomic E-state index is 12.3. The lowest BCUT2D eigenvalue weighted by Gasteiger charge is -2.26. The highest BCUT2D eigenvalue weighted by atomic mass is 35.5. The third-order valence-electron chi connectivity index (χ3n) is 4.14. The highest BCUT2D eigenvalue weighted by Gasteiger charge is 2.17. The van der Waals surface area contributed by atoms with Gasteiger partial charge >= 0.3 is 0 Å². The quantitative estimate of drug-likeness (QED) is 0.853. The molecule has 2 heterocycles. The van der Waals surface area contributed by atoms with Crippen molar-refractivity contribution in [3.05, 3.63) is 34.5 Å². The van der Waals surface area contributed by atoms with Crippen LogP contribution in [0.15, 0.2) is 22.6 Å². The molecule has 0 bridgehead atoms. The van der Waals surface area contributed by atoms with E-state index in [0.717, 1.165) is 50.2 Å². The van der Waals surface area contributed by atoms with Crippen LogP contribution in [0.4, 0.5) is 0 Å². The van der Waals surface area contributed by atoms with E-state index in [1.807, 2.05) is 13.0 Å². The van der Waals surface area contributed by atoms with Crippen LogP contribution in [0, 0.1) is 6.92 Å². The van der Waals surface area contributed by atoms with E-state index in [-0.39, 0.29) is 5.91 Å². The predicted octanol–water partition coefficient (Wildman–Crippen LogP) is 2.85. The Morgan fingerprint density at radius 3 is 2.91 bits per heavy atom. The monoisotopic (exact) mass is 336 g/mol. The summed E-state index contributed by atoms with van der Waals surface area (Å²) in [5, 5.41) is 4.45. The normalized spacial score (nSPS) is 15.9. The highest BCUT2D eigenvalue weighted by molar-refractivity contribution is 6.31. The molecule has 0 aliphatic carbocycles. The van der Waals surface area contributed by atoms with Crippen LogP contribution in [-0.2, 0) is 4.74 Å². The average molecular weight is 337 g/mol. The molecule has 0 saturated carbocycles. The topological polar surface area (TPSA) is 54.7 Å². The van der Waals surface area contributed by atoms with Crippen LogP contribution in [0.2, 0.25) is 5.02 Å². The zero-order valence-electron chi connectivity index (χ0n) is 13.2. The second kappa shape index (κ2) is 7.34. The summed E-state index contributed by atoms with van der Waals surface area (Å²) in [6, 6.07) is 5.38. The highest BCUT2D eigenvalue weighted by Crippen LogP contribution is 2.27. The van der Waals surface area contributed by atoms with Crippen LogP contribution < -0.4 is 5.32 Å². The van der Waals surface area contributed by atoms with E-state index in [1.165, 1.54) is 0 Å². The van der Waals surface area contributed by atoms with Gasteiger partial charge in [0.05, 0.1) is 13.2 Å². The second-order valence-corrected chi connectivity index (χ2v) is 6.20. The Morgan fingerprint density at radius 2 is 2.13 bits per heavy atom. The third-order valence-corrected chi connectivity index (χ3v) is 4.38. The Kier molecular flexibility index (Phi) is 5.20. The molecule has 3 rings (SSSR count). The maximum Gasteiger partial charge on any atom is 0.287 e. The number of rotatable bonds is 5. The lowest BCUT2D eigenvalue weighted by molar-refractivity contribution is 0.0374. The summed E-state index contributed by atoms with van der Waals surface area (Å²) < 4.78 is 11.0. The lowest BCUT2D eigenvalue weighted by Crippen LogP contribution is -2.38. The molecular weight excluding hydrogens is 316 g/mol. The van der Waals surface area contributed by atoms with Gasteiger partial charge in [0.2, 0.25) is 0 Å². The number of furan rings is 1. The molecule has 1 aliphatic rings. The van der Waals surface area contributed by atoms with Crippen LogP contribution in [-0.4, -0.2) is 50.2 Å². The van der Waals surface area contributed by atoms with Gasteiger partial charge in [-0.05, 0) is 38.1 Å². The maximum absolute atomic E-state index is 12.3. The van der Waals surface area contributed by atoms with E-state index in [0.29, 0.717) is 22.9 Å². The number of hydrogen-bond donors (Lipinski definition) is 1. The number of amides is 1. The van der Waals surface area contributed by atoms with E-state index >= 15 is 0 Å². The van der Waals surface area contributed by atoms with E-state index in [2.05, 4.69) is 10.2 Å². The number of aryl methyl sites for hydroxylation is 1. The lowest BCUT2D eigenvalue weighted by atomic mass is 10.1. The van der Waals surface area contributed by atoms with E-state index in [9.17, 15) is 4.79 Å². The summed E-state index contributed by atoms with van der Waals surface area (Å²) in [5.74, 6) is 0.199. The molecule has 1 aromatic carbocycles. The Bertz CT molecular complexity index is 692. The third kappa shape index (κ3) is 3.86. The van der Waals surface area contributed by atoms with Crippen molar-refractivity contribution >= 4 is 28.5 Å². The van der Waals surface area contributed by atoms with Crippen molar-refractivity contribution in [3.63, 3.8) is 0 Å². The molecular formula is C17H21ClN2O3. The largest absolute Gasteiger partial charge is 0.451 e. The minimum Gasteiger partial charge on any atom is -0.451 e. The molecule has 5 nitrogen and oxygen atoms in total. The standard InChI is InChI=1S/C17H21ClN2O3/c1-12-14-11-13(18)3-4-15(14)23-16(12)17(21)19-5-2-6-20-7-9-22-10-8-20/h3-4,11H,2,5-10H2,1H3,(H,19,21). The summed E-state index contributed by atoms with van der Waals surface area (Å²) in [7, 11) is 0. The Hall–Kier alpha value is -1.56. The van der Waals surface area contributed by atoms with Gasteiger partial charge in [0, 0.05) is 35.6 Å². The minimum absolute atomic E-state index is 0.170. The van der Waals surface area contributed by atoms with Gasteiger partial charge in [-0.3, -0.25) is 9.69 Å². The first kappa shape index (κ1) is 16.3. The minimum atomic E-state index is -0.170. The molecule has 23 heavy (non-hydrogen) atoms. The van der Waals surface area contributed by atoms with Gasteiger partial charge in [-0.15, -0.1) is 0 Å². The first-order valence-electron chi connectivity index (χ1n) is 7.92. The number of halogens is 1. The Labute approximate surface area is 140 Å². The molecule has 1 saturated heterocycles. The van der Waals surface area contributed by atoms with Crippen molar-refractivity contribution in [2.75, 3.05) is 39.4 Å². The number of benzene rings is 1.